The molecule has 1 aromatic rings. The van der Waals surface area contributed by atoms with Crippen LogP contribution in [0.25, 0.3) is 0 Å². The minimum absolute atomic E-state index is 0.279. The quantitative estimate of drug-likeness (QED) is 0.665. The highest BCUT2D eigenvalue weighted by Gasteiger charge is 2.00. The third-order valence-electron chi connectivity index (χ3n) is 2.08. The van der Waals surface area contributed by atoms with Crippen molar-refractivity contribution >= 4 is 11.8 Å². The molecule has 1 nitrogen and oxygen atoms in total. The van der Waals surface area contributed by atoms with Gasteiger partial charge in [0, 0.05) is 0 Å². The molecule has 0 unspecified atom stereocenters. The Bertz CT molecular complexity index is 302. The zero-order valence-corrected chi connectivity index (χ0v) is 10.7. The van der Waals surface area contributed by atoms with Crippen LogP contribution in [0.5, 0.6) is 5.75 Å². The average Bonchev–Trinajstić information content (AvgIpc) is 2.25. The lowest BCUT2D eigenvalue weighted by Gasteiger charge is -2.07. The second-order valence-electron chi connectivity index (χ2n) is 3.91. The Morgan fingerprint density at radius 3 is 2.69 bits per heavy atom. The zero-order chi connectivity index (χ0) is 11.8. The molecule has 3 heteroatoms. The van der Waals surface area contributed by atoms with Gasteiger partial charge in [0.15, 0.2) is 11.6 Å². The van der Waals surface area contributed by atoms with Gasteiger partial charge in [-0.15, -0.1) is 0 Å². The summed E-state index contributed by atoms with van der Waals surface area (Å²) >= 11 is 1.95. The van der Waals surface area contributed by atoms with Crippen molar-refractivity contribution in [1.82, 2.24) is 0 Å². The first-order valence-corrected chi connectivity index (χ1v) is 6.74. The van der Waals surface area contributed by atoms with Crippen LogP contribution in [-0.2, 0) is 0 Å². The first-order valence-electron chi connectivity index (χ1n) is 5.69. The molecule has 90 valence electrons. The molecule has 0 aliphatic rings. The van der Waals surface area contributed by atoms with Crippen molar-refractivity contribution < 1.29 is 9.13 Å². The second-order valence-corrected chi connectivity index (χ2v) is 5.59. The first-order chi connectivity index (χ1) is 7.70. The Labute approximate surface area is 101 Å². The lowest BCUT2D eigenvalue weighted by atomic mass is 10.3. The molecule has 0 radical (unpaired) electrons. The van der Waals surface area contributed by atoms with Gasteiger partial charge >= 0.3 is 0 Å². The predicted octanol–water partition coefficient (Wildman–Crippen LogP) is 4.13. The van der Waals surface area contributed by atoms with E-state index in [1.165, 1.54) is 6.07 Å². The standard InChI is InChI=1S/C13H19FOS/c1-11(2)16-10-6-5-9-15-13-8-4-3-7-12(13)14/h3-4,7-8,11H,5-6,9-10H2,1-2H3. The summed E-state index contributed by atoms with van der Waals surface area (Å²) in [5, 5.41) is 0.687. The van der Waals surface area contributed by atoms with Crippen molar-refractivity contribution in [1.29, 1.82) is 0 Å². The van der Waals surface area contributed by atoms with Crippen LogP contribution in [0.1, 0.15) is 26.7 Å². The number of para-hydroxylation sites is 1. The van der Waals surface area contributed by atoms with Gasteiger partial charge in [-0.05, 0) is 36.0 Å². The van der Waals surface area contributed by atoms with Crippen molar-refractivity contribution in [3.63, 3.8) is 0 Å². The van der Waals surface area contributed by atoms with Crippen LogP contribution in [-0.4, -0.2) is 17.6 Å². The molecule has 16 heavy (non-hydrogen) atoms. The summed E-state index contributed by atoms with van der Waals surface area (Å²) < 4.78 is 18.5. The zero-order valence-electron chi connectivity index (χ0n) is 9.91. The van der Waals surface area contributed by atoms with E-state index in [1.807, 2.05) is 11.8 Å². The third kappa shape index (κ3) is 5.40. The van der Waals surface area contributed by atoms with E-state index in [1.54, 1.807) is 18.2 Å². The summed E-state index contributed by atoms with van der Waals surface area (Å²) in [6, 6.07) is 6.54. The maximum absolute atomic E-state index is 13.1. The van der Waals surface area contributed by atoms with E-state index in [-0.39, 0.29) is 5.82 Å². The molecule has 0 N–H and O–H groups in total. The van der Waals surface area contributed by atoms with E-state index in [0.717, 1.165) is 18.6 Å². The molecule has 1 rings (SSSR count). The van der Waals surface area contributed by atoms with E-state index in [0.29, 0.717) is 17.6 Å². The number of benzene rings is 1. The Morgan fingerprint density at radius 2 is 2.00 bits per heavy atom. The number of unbranched alkanes of at least 4 members (excludes halogenated alkanes) is 1. The second kappa shape index (κ2) is 7.55. The minimum atomic E-state index is -0.279. The number of hydrogen-bond donors (Lipinski definition) is 0. The van der Waals surface area contributed by atoms with Gasteiger partial charge in [0.2, 0.25) is 0 Å². The molecule has 0 spiro atoms. The van der Waals surface area contributed by atoms with Gasteiger partial charge in [-0.3, -0.25) is 0 Å². The molecule has 0 bridgehead atoms. The van der Waals surface area contributed by atoms with Gasteiger partial charge in [0.25, 0.3) is 0 Å². The number of halogens is 1. The van der Waals surface area contributed by atoms with Crippen LogP contribution in [0.2, 0.25) is 0 Å². The summed E-state index contributed by atoms with van der Waals surface area (Å²) in [5.74, 6) is 1.23. The lowest BCUT2D eigenvalue weighted by molar-refractivity contribution is 0.294. The highest BCUT2D eigenvalue weighted by Crippen LogP contribution is 2.16. The third-order valence-corrected chi connectivity index (χ3v) is 3.28. The Balaban J connectivity index is 2.10. The number of thioether (sulfide) groups is 1. The molecule has 0 saturated heterocycles. The van der Waals surface area contributed by atoms with Crippen LogP contribution in [0.4, 0.5) is 4.39 Å². The van der Waals surface area contributed by atoms with Gasteiger partial charge in [0.05, 0.1) is 6.61 Å². The summed E-state index contributed by atoms with van der Waals surface area (Å²) in [7, 11) is 0. The monoisotopic (exact) mass is 242 g/mol. The Hall–Kier alpha value is -0.700. The fraction of sp³-hybridized carbons (Fsp3) is 0.538. The smallest absolute Gasteiger partial charge is 0.165 e. The normalized spacial score (nSPS) is 10.8. The van der Waals surface area contributed by atoms with Crippen LogP contribution in [0, 0.1) is 5.82 Å². The number of hydrogen-bond acceptors (Lipinski definition) is 2. The summed E-state index contributed by atoms with van der Waals surface area (Å²) in [4.78, 5) is 0. The SMILES string of the molecule is CC(C)SCCCCOc1ccccc1F. The lowest BCUT2D eigenvalue weighted by Crippen LogP contribution is -2.00. The molecule has 0 fully saturated rings. The van der Waals surface area contributed by atoms with Crippen LogP contribution >= 0.6 is 11.8 Å². The molecule has 0 atom stereocenters. The first kappa shape index (κ1) is 13.4. The van der Waals surface area contributed by atoms with Crippen LogP contribution < -0.4 is 4.74 Å². The Kier molecular flexibility index (Phi) is 6.31. The largest absolute Gasteiger partial charge is 0.491 e. The maximum Gasteiger partial charge on any atom is 0.165 e. The predicted molar refractivity (Wildman–Crippen MR) is 68.7 cm³/mol. The summed E-state index contributed by atoms with van der Waals surface area (Å²) in [6.07, 6.45) is 2.10. The molecule has 0 saturated carbocycles. The number of ether oxygens (including phenoxy) is 1. The van der Waals surface area contributed by atoms with Crippen molar-refractivity contribution in [2.24, 2.45) is 0 Å². The topological polar surface area (TPSA) is 9.23 Å². The van der Waals surface area contributed by atoms with E-state index < -0.39 is 0 Å². The van der Waals surface area contributed by atoms with E-state index in [4.69, 9.17) is 4.74 Å². The molecule has 0 aromatic heterocycles. The number of rotatable bonds is 7. The van der Waals surface area contributed by atoms with E-state index >= 15 is 0 Å². The van der Waals surface area contributed by atoms with Gasteiger partial charge in [0.1, 0.15) is 0 Å². The molecule has 0 amide bonds. The highest BCUT2D eigenvalue weighted by atomic mass is 32.2. The fourth-order valence-corrected chi connectivity index (χ4v) is 2.11. The Morgan fingerprint density at radius 1 is 1.25 bits per heavy atom. The van der Waals surface area contributed by atoms with Crippen LogP contribution in [0.3, 0.4) is 0 Å². The van der Waals surface area contributed by atoms with Crippen molar-refractivity contribution in [3.05, 3.63) is 30.1 Å². The molecular weight excluding hydrogens is 223 g/mol. The molecular formula is C13H19FOS. The molecule has 0 aliphatic carbocycles. The van der Waals surface area contributed by atoms with Crippen molar-refractivity contribution in [2.45, 2.75) is 31.9 Å². The van der Waals surface area contributed by atoms with E-state index in [2.05, 4.69) is 13.8 Å². The summed E-state index contributed by atoms with van der Waals surface area (Å²) in [5.41, 5.74) is 0. The molecule has 1 aromatic carbocycles. The van der Waals surface area contributed by atoms with Crippen LogP contribution in [0.15, 0.2) is 24.3 Å². The molecule has 0 heterocycles. The average molecular weight is 242 g/mol. The van der Waals surface area contributed by atoms with Gasteiger partial charge < -0.3 is 4.74 Å². The minimum Gasteiger partial charge on any atom is -0.491 e. The van der Waals surface area contributed by atoms with Crippen molar-refractivity contribution in [2.75, 3.05) is 12.4 Å². The van der Waals surface area contributed by atoms with Gasteiger partial charge in [-0.1, -0.05) is 26.0 Å². The molecule has 0 aliphatic heterocycles. The van der Waals surface area contributed by atoms with Crippen molar-refractivity contribution in [3.8, 4) is 5.75 Å². The fourth-order valence-electron chi connectivity index (χ4n) is 1.27. The highest BCUT2D eigenvalue weighted by molar-refractivity contribution is 7.99. The van der Waals surface area contributed by atoms with E-state index in [9.17, 15) is 4.39 Å². The summed E-state index contributed by atoms with van der Waals surface area (Å²) in [6.45, 7) is 4.99. The van der Waals surface area contributed by atoms with Gasteiger partial charge in [-0.2, -0.15) is 11.8 Å². The van der Waals surface area contributed by atoms with Gasteiger partial charge in [-0.25, -0.2) is 4.39 Å². The maximum atomic E-state index is 13.1.